The van der Waals surface area contributed by atoms with E-state index in [4.69, 9.17) is 5.73 Å². The van der Waals surface area contributed by atoms with Crippen molar-refractivity contribution in [2.45, 2.75) is 51.9 Å². The lowest BCUT2D eigenvalue weighted by Gasteiger charge is -2.56. The molecular formula is C19H25NO. The SMILES string of the molecule is Cc1cc(N)ccc1C(=O)CC12CC3CC(CC(C3)C1)C2. The van der Waals surface area contributed by atoms with Crippen LogP contribution in [0.25, 0.3) is 0 Å². The molecule has 4 saturated carbocycles. The third kappa shape index (κ3) is 2.29. The Morgan fingerprint density at radius 1 is 1.14 bits per heavy atom. The van der Waals surface area contributed by atoms with Crippen molar-refractivity contribution in [3.8, 4) is 0 Å². The van der Waals surface area contributed by atoms with Crippen LogP contribution in [-0.4, -0.2) is 5.78 Å². The Balaban J connectivity index is 1.57. The summed E-state index contributed by atoms with van der Waals surface area (Å²) in [4.78, 5) is 12.8. The van der Waals surface area contributed by atoms with E-state index in [0.717, 1.165) is 41.0 Å². The van der Waals surface area contributed by atoms with Gasteiger partial charge < -0.3 is 5.73 Å². The van der Waals surface area contributed by atoms with Crippen molar-refractivity contribution in [3.63, 3.8) is 0 Å². The number of Topliss-reactive ketones (excluding diaryl/α,β-unsaturated/α-hetero) is 1. The molecule has 5 rings (SSSR count). The van der Waals surface area contributed by atoms with Crippen LogP contribution < -0.4 is 5.73 Å². The standard InChI is InChI=1S/C19H25NO/c1-12-4-16(20)2-3-17(12)18(21)11-19-8-13-5-14(9-19)7-15(6-13)10-19/h2-4,13-15H,5-11,20H2,1H3. The molecule has 0 aromatic heterocycles. The Kier molecular flexibility index (Phi) is 2.92. The molecule has 2 N–H and O–H groups in total. The Bertz CT molecular complexity index is 554. The van der Waals surface area contributed by atoms with Crippen LogP contribution in [0.15, 0.2) is 18.2 Å². The average molecular weight is 283 g/mol. The highest BCUT2D eigenvalue weighted by atomic mass is 16.1. The lowest BCUT2D eigenvalue weighted by atomic mass is 9.48. The molecular weight excluding hydrogens is 258 g/mol. The van der Waals surface area contributed by atoms with Crippen molar-refractivity contribution < 1.29 is 4.79 Å². The molecule has 0 aliphatic heterocycles. The number of carbonyl (C=O) groups excluding carboxylic acids is 1. The summed E-state index contributed by atoms with van der Waals surface area (Å²) in [7, 11) is 0. The quantitative estimate of drug-likeness (QED) is 0.661. The summed E-state index contributed by atoms with van der Waals surface area (Å²) in [6.45, 7) is 2.00. The van der Waals surface area contributed by atoms with Gasteiger partial charge in [-0.1, -0.05) is 0 Å². The minimum absolute atomic E-state index is 0.333. The van der Waals surface area contributed by atoms with Crippen molar-refractivity contribution >= 4 is 11.5 Å². The highest BCUT2D eigenvalue weighted by molar-refractivity contribution is 5.98. The Morgan fingerprint density at radius 2 is 1.71 bits per heavy atom. The van der Waals surface area contributed by atoms with Crippen LogP contribution in [-0.2, 0) is 0 Å². The molecule has 0 saturated heterocycles. The monoisotopic (exact) mass is 283 g/mol. The van der Waals surface area contributed by atoms with Crippen molar-refractivity contribution in [1.29, 1.82) is 0 Å². The van der Waals surface area contributed by atoms with E-state index in [1.165, 1.54) is 38.5 Å². The summed E-state index contributed by atoms with van der Waals surface area (Å²) < 4.78 is 0. The molecule has 0 atom stereocenters. The lowest BCUT2D eigenvalue weighted by molar-refractivity contribution is -0.0524. The molecule has 0 heterocycles. The molecule has 4 aliphatic rings. The number of hydrogen-bond acceptors (Lipinski definition) is 2. The number of hydrogen-bond donors (Lipinski definition) is 1. The van der Waals surface area contributed by atoms with E-state index < -0.39 is 0 Å². The van der Waals surface area contributed by atoms with E-state index in [2.05, 4.69) is 0 Å². The molecule has 1 aromatic rings. The zero-order valence-electron chi connectivity index (χ0n) is 12.9. The summed E-state index contributed by atoms with van der Waals surface area (Å²) in [6.07, 6.45) is 8.99. The van der Waals surface area contributed by atoms with E-state index >= 15 is 0 Å². The normalized spacial score (nSPS) is 36.9. The Labute approximate surface area is 127 Å². The maximum Gasteiger partial charge on any atom is 0.163 e. The van der Waals surface area contributed by atoms with Crippen molar-refractivity contribution in [3.05, 3.63) is 29.3 Å². The molecule has 1 aromatic carbocycles. The third-order valence-electron chi connectivity index (χ3n) is 6.25. The van der Waals surface area contributed by atoms with Gasteiger partial charge in [-0.15, -0.1) is 0 Å². The van der Waals surface area contributed by atoms with Crippen LogP contribution >= 0.6 is 0 Å². The highest BCUT2D eigenvalue weighted by Crippen LogP contribution is 2.61. The van der Waals surface area contributed by atoms with Gasteiger partial charge in [-0.2, -0.15) is 0 Å². The van der Waals surface area contributed by atoms with Crippen molar-refractivity contribution in [1.82, 2.24) is 0 Å². The third-order valence-corrected chi connectivity index (χ3v) is 6.25. The first-order valence-corrected chi connectivity index (χ1v) is 8.42. The van der Waals surface area contributed by atoms with E-state index in [0.29, 0.717) is 11.2 Å². The fourth-order valence-electron chi connectivity index (χ4n) is 5.94. The molecule has 4 fully saturated rings. The average Bonchev–Trinajstić information content (AvgIpc) is 2.35. The van der Waals surface area contributed by atoms with Gasteiger partial charge in [0.15, 0.2) is 5.78 Å². The molecule has 2 heteroatoms. The second-order valence-electron chi connectivity index (χ2n) is 8.09. The summed E-state index contributed by atoms with van der Waals surface area (Å²) in [5.74, 6) is 3.08. The second kappa shape index (κ2) is 4.59. The smallest absolute Gasteiger partial charge is 0.163 e. The molecule has 0 spiro atoms. The van der Waals surface area contributed by atoms with Gasteiger partial charge in [-0.05, 0) is 92.4 Å². The lowest BCUT2D eigenvalue weighted by Crippen LogP contribution is -2.46. The number of aryl methyl sites for hydroxylation is 1. The minimum Gasteiger partial charge on any atom is -0.399 e. The predicted molar refractivity (Wildman–Crippen MR) is 85.1 cm³/mol. The summed E-state index contributed by atoms with van der Waals surface area (Å²) >= 11 is 0. The van der Waals surface area contributed by atoms with Gasteiger partial charge >= 0.3 is 0 Å². The fourth-order valence-corrected chi connectivity index (χ4v) is 5.94. The largest absolute Gasteiger partial charge is 0.399 e. The zero-order valence-corrected chi connectivity index (χ0v) is 12.9. The molecule has 0 radical (unpaired) electrons. The highest BCUT2D eigenvalue weighted by Gasteiger charge is 2.51. The number of nitrogens with two attached hydrogens (primary N) is 1. The number of ketones is 1. The molecule has 112 valence electrons. The van der Waals surface area contributed by atoms with Crippen LogP contribution in [0.1, 0.15) is 60.9 Å². The van der Waals surface area contributed by atoms with Gasteiger partial charge in [-0.25, -0.2) is 0 Å². The first-order chi connectivity index (χ1) is 10.0. The molecule has 4 aliphatic carbocycles. The number of carbonyl (C=O) groups is 1. The van der Waals surface area contributed by atoms with E-state index in [9.17, 15) is 4.79 Å². The first kappa shape index (κ1) is 13.4. The minimum atomic E-state index is 0.333. The van der Waals surface area contributed by atoms with Crippen LogP contribution in [0.5, 0.6) is 0 Å². The molecule has 2 nitrogen and oxygen atoms in total. The van der Waals surface area contributed by atoms with Gasteiger partial charge in [0.05, 0.1) is 0 Å². The molecule has 0 unspecified atom stereocenters. The van der Waals surface area contributed by atoms with Crippen molar-refractivity contribution in [2.75, 3.05) is 5.73 Å². The van der Waals surface area contributed by atoms with Crippen LogP contribution in [0.3, 0.4) is 0 Å². The topological polar surface area (TPSA) is 43.1 Å². The van der Waals surface area contributed by atoms with Crippen LogP contribution in [0.4, 0.5) is 5.69 Å². The van der Waals surface area contributed by atoms with Gasteiger partial charge in [-0.3, -0.25) is 4.79 Å². The fraction of sp³-hybridized carbons (Fsp3) is 0.632. The molecule has 4 bridgehead atoms. The second-order valence-corrected chi connectivity index (χ2v) is 8.09. The number of rotatable bonds is 3. The summed E-state index contributed by atoms with van der Waals surface area (Å²) in [6, 6.07) is 5.71. The van der Waals surface area contributed by atoms with E-state index in [1.807, 2.05) is 25.1 Å². The number of benzene rings is 1. The number of nitrogen functional groups attached to an aromatic ring is 1. The van der Waals surface area contributed by atoms with Gasteiger partial charge in [0.25, 0.3) is 0 Å². The van der Waals surface area contributed by atoms with E-state index in [1.54, 1.807) is 0 Å². The van der Waals surface area contributed by atoms with Crippen molar-refractivity contribution in [2.24, 2.45) is 23.2 Å². The van der Waals surface area contributed by atoms with Gasteiger partial charge in [0.2, 0.25) is 0 Å². The zero-order chi connectivity index (χ0) is 14.6. The van der Waals surface area contributed by atoms with Gasteiger partial charge in [0.1, 0.15) is 0 Å². The maximum absolute atomic E-state index is 12.8. The number of anilines is 1. The van der Waals surface area contributed by atoms with E-state index in [-0.39, 0.29) is 0 Å². The van der Waals surface area contributed by atoms with Gasteiger partial charge in [0, 0.05) is 17.7 Å². The maximum atomic E-state index is 12.8. The summed E-state index contributed by atoms with van der Waals surface area (Å²) in [5, 5.41) is 0. The Morgan fingerprint density at radius 3 is 2.24 bits per heavy atom. The van der Waals surface area contributed by atoms with Crippen LogP contribution in [0, 0.1) is 30.1 Å². The summed E-state index contributed by atoms with van der Waals surface area (Å²) in [5.41, 5.74) is 8.81. The Hall–Kier alpha value is -1.31. The molecule has 21 heavy (non-hydrogen) atoms. The first-order valence-electron chi connectivity index (χ1n) is 8.42. The van der Waals surface area contributed by atoms with Crippen LogP contribution in [0.2, 0.25) is 0 Å². The molecule has 0 amide bonds. The predicted octanol–water partition coefficient (Wildman–Crippen LogP) is 4.37.